The molecule has 0 spiro atoms. The normalized spacial score (nSPS) is 19.8. The number of hydrogen-bond acceptors (Lipinski definition) is 5. The smallest absolute Gasteiger partial charge is 0.224 e. The average molecular weight is 465 g/mol. The maximum Gasteiger partial charge on any atom is 0.224 e. The van der Waals surface area contributed by atoms with E-state index in [0.29, 0.717) is 25.9 Å². The molecular weight excluding hydrogens is 428 g/mol. The lowest BCUT2D eigenvalue weighted by atomic mass is 9.88. The third-order valence-corrected chi connectivity index (χ3v) is 6.29. The summed E-state index contributed by atoms with van der Waals surface area (Å²) < 4.78 is 5.34. The highest BCUT2D eigenvalue weighted by molar-refractivity contribution is 5.97. The van der Waals surface area contributed by atoms with Gasteiger partial charge >= 0.3 is 0 Å². The fraction of sp³-hybridized carbons (Fsp3) is 0.464. The van der Waals surface area contributed by atoms with Gasteiger partial charge in [0.05, 0.1) is 18.7 Å². The maximum absolute atomic E-state index is 13.4. The highest BCUT2D eigenvalue weighted by Gasteiger charge is 2.50. The molecule has 2 aromatic rings. The number of rotatable bonds is 13. The highest BCUT2D eigenvalue weighted by Crippen LogP contribution is 2.30. The van der Waals surface area contributed by atoms with E-state index < -0.39 is 23.6 Å². The van der Waals surface area contributed by atoms with Gasteiger partial charge in [0, 0.05) is 12.3 Å². The number of benzene rings is 2. The molecule has 2 aromatic carbocycles. The van der Waals surface area contributed by atoms with Crippen molar-refractivity contribution < 1.29 is 19.1 Å². The zero-order valence-electron chi connectivity index (χ0n) is 20.3. The fourth-order valence-electron chi connectivity index (χ4n) is 4.14. The molecule has 0 unspecified atom stereocenters. The Morgan fingerprint density at radius 2 is 1.50 bits per heavy atom. The standard InChI is InChI=1S/C28H36N2O4/c1-19(2)14-24(26(32)28(3)18-34-28)30-27(33)22(15-20-10-6-4-7-11-20)17-25(31)23(29)16-21-12-8-5-9-13-21/h4-13,19,22-24H,14-18,29H2,1-3H3,(H,30,33)/t22-,23+,24+,28-/m1/s1. The molecule has 182 valence electrons. The number of carbonyl (C=O) groups excluding carboxylic acids is 3. The van der Waals surface area contributed by atoms with Crippen molar-refractivity contribution in [2.24, 2.45) is 17.6 Å². The van der Waals surface area contributed by atoms with Gasteiger partial charge in [-0.25, -0.2) is 0 Å². The van der Waals surface area contributed by atoms with Gasteiger partial charge in [0.15, 0.2) is 11.6 Å². The van der Waals surface area contributed by atoms with Crippen LogP contribution in [-0.4, -0.2) is 41.8 Å². The van der Waals surface area contributed by atoms with Gasteiger partial charge in [-0.05, 0) is 43.2 Å². The van der Waals surface area contributed by atoms with Crippen molar-refractivity contribution in [2.75, 3.05) is 6.61 Å². The maximum atomic E-state index is 13.4. The van der Waals surface area contributed by atoms with Crippen molar-refractivity contribution in [3.63, 3.8) is 0 Å². The van der Waals surface area contributed by atoms with Crippen LogP contribution in [-0.2, 0) is 32.0 Å². The third-order valence-electron chi connectivity index (χ3n) is 6.29. The number of nitrogens with one attached hydrogen (secondary N) is 1. The average Bonchev–Trinajstić information content (AvgIpc) is 3.57. The second-order valence-corrected chi connectivity index (χ2v) is 9.93. The molecule has 1 aliphatic heterocycles. The number of ketones is 2. The summed E-state index contributed by atoms with van der Waals surface area (Å²) in [4.78, 5) is 39.4. The van der Waals surface area contributed by atoms with E-state index in [1.165, 1.54) is 0 Å². The van der Waals surface area contributed by atoms with E-state index in [-0.39, 0.29) is 29.8 Å². The quantitative estimate of drug-likeness (QED) is 0.443. The number of amides is 1. The first-order valence-electron chi connectivity index (χ1n) is 12.0. The summed E-state index contributed by atoms with van der Waals surface area (Å²) in [7, 11) is 0. The van der Waals surface area contributed by atoms with E-state index >= 15 is 0 Å². The lowest BCUT2D eigenvalue weighted by Crippen LogP contribution is -2.49. The van der Waals surface area contributed by atoms with Crippen molar-refractivity contribution in [1.29, 1.82) is 0 Å². The summed E-state index contributed by atoms with van der Waals surface area (Å²) in [5.41, 5.74) is 7.33. The number of nitrogens with two attached hydrogens (primary N) is 1. The van der Waals surface area contributed by atoms with Crippen LogP contribution < -0.4 is 11.1 Å². The van der Waals surface area contributed by atoms with Crippen molar-refractivity contribution in [3.05, 3.63) is 71.8 Å². The van der Waals surface area contributed by atoms with Crippen molar-refractivity contribution in [1.82, 2.24) is 5.32 Å². The second-order valence-electron chi connectivity index (χ2n) is 9.93. The fourth-order valence-corrected chi connectivity index (χ4v) is 4.14. The minimum Gasteiger partial charge on any atom is -0.361 e. The first-order valence-corrected chi connectivity index (χ1v) is 12.0. The van der Waals surface area contributed by atoms with E-state index in [4.69, 9.17) is 10.5 Å². The summed E-state index contributed by atoms with van der Waals surface area (Å²) in [6.45, 7) is 6.14. The molecule has 1 aliphatic rings. The molecule has 1 heterocycles. The number of Topliss-reactive ketones (excluding diaryl/α,β-unsaturated/α-hetero) is 2. The van der Waals surface area contributed by atoms with Crippen LogP contribution in [0, 0.1) is 11.8 Å². The zero-order chi connectivity index (χ0) is 24.7. The summed E-state index contributed by atoms with van der Waals surface area (Å²) in [6.07, 6.45) is 1.35. The van der Waals surface area contributed by atoms with Gasteiger partial charge in [-0.1, -0.05) is 74.5 Å². The van der Waals surface area contributed by atoms with Gasteiger partial charge in [0.1, 0.15) is 5.60 Å². The number of ether oxygens (including phenoxy) is 1. The highest BCUT2D eigenvalue weighted by atomic mass is 16.6. The molecule has 4 atom stereocenters. The van der Waals surface area contributed by atoms with Crippen LogP contribution in [0.5, 0.6) is 0 Å². The Balaban J connectivity index is 1.73. The van der Waals surface area contributed by atoms with Crippen LogP contribution in [0.3, 0.4) is 0 Å². The number of epoxide rings is 1. The number of hydrogen-bond donors (Lipinski definition) is 2. The van der Waals surface area contributed by atoms with Crippen LogP contribution in [0.2, 0.25) is 0 Å². The SMILES string of the molecule is CC(C)C[C@H](NC(=O)[C@@H](CC(=O)[C@@H](N)Cc1ccccc1)Cc1ccccc1)C(=O)[C@@]1(C)CO1. The molecule has 6 heteroatoms. The predicted molar refractivity (Wildman–Crippen MR) is 132 cm³/mol. The molecule has 0 bridgehead atoms. The van der Waals surface area contributed by atoms with Crippen LogP contribution in [0.25, 0.3) is 0 Å². The van der Waals surface area contributed by atoms with Gasteiger partial charge in [0.25, 0.3) is 0 Å². The molecule has 1 saturated heterocycles. The van der Waals surface area contributed by atoms with E-state index in [1.54, 1.807) is 6.92 Å². The van der Waals surface area contributed by atoms with Gasteiger partial charge < -0.3 is 15.8 Å². The van der Waals surface area contributed by atoms with Crippen molar-refractivity contribution >= 4 is 17.5 Å². The Morgan fingerprint density at radius 1 is 0.971 bits per heavy atom. The van der Waals surface area contributed by atoms with E-state index in [9.17, 15) is 14.4 Å². The van der Waals surface area contributed by atoms with Gasteiger partial charge in [-0.15, -0.1) is 0 Å². The van der Waals surface area contributed by atoms with Crippen LogP contribution in [0.4, 0.5) is 0 Å². The van der Waals surface area contributed by atoms with E-state index in [0.717, 1.165) is 11.1 Å². The molecule has 6 nitrogen and oxygen atoms in total. The molecule has 1 fully saturated rings. The van der Waals surface area contributed by atoms with E-state index in [2.05, 4.69) is 5.32 Å². The van der Waals surface area contributed by atoms with Crippen LogP contribution >= 0.6 is 0 Å². The topological polar surface area (TPSA) is 102 Å². The van der Waals surface area contributed by atoms with Crippen LogP contribution in [0.15, 0.2) is 60.7 Å². The second kappa shape index (κ2) is 11.5. The molecule has 34 heavy (non-hydrogen) atoms. The summed E-state index contributed by atoms with van der Waals surface area (Å²) in [6, 6.07) is 17.9. The van der Waals surface area contributed by atoms with Gasteiger partial charge in [-0.2, -0.15) is 0 Å². The minimum atomic E-state index is -0.824. The Kier molecular flexibility index (Phi) is 8.75. The van der Waals surface area contributed by atoms with Gasteiger partial charge in [-0.3, -0.25) is 14.4 Å². The third kappa shape index (κ3) is 7.34. The molecule has 0 aliphatic carbocycles. The predicted octanol–water partition coefficient (Wildman–Crippen LogP) is 3.26. The molecule has 3 N–H and O–H groups in total. The first-order chi connectivity index (χ1) is 16.2. The Morgan fingerprint density at radius 3 is 2.00 bits per heavy atom. The van der Waals surface area contributed by atoms with E-state index in [1.807, 2.05) is 74.5 Å². The Hall–Kier alpha value is -2.83. The Bertz CT molecular complexity index is 970. The Labute approximate surface area is 202 Å². The molecule has 0 aromatic heterocycles. The largest absolute Gasteiger partial charge is 0.361 e. The molecular formula is C28H36N2O4. The first kappa shape index (κ1) is 25.8. The zero-order valence-corrected chi connectivity index (χ0v) is 20.3. The van der Waals surface area contributed by atoms with Crippen molar-refractivity contribution in [3.8, 4) is 0 Å². The summed E-state index contributed by atoms with van der Waals surface area (Å²) >= 11 is 0. The monoisotopic (exact) mass is 464 g/mol. The minimum absolute atomic E-state index is 0.0189. The molecule has 0 saturated carbocycles. The lowest BCUT2D eigenvalue weighted by molar-refractivity contribution is -0.134. The molecule has 3 rings (SSSR count). The van der Waals surface area contributed by atoms with Gasteiger partial charge in [0.2, 0.25) is 5.91 Å². The molecule has 0 radical (unpaired) electrons. The summed E-state index contributed by atoms with van der Waals surface area (Å²) in [5, 5.41) is 2.95. The summed E-state index contributed by atoms with van der Waals surface area (Å²) in [5.74, 6) is -0.978. The molecule has 1 amide bonds. The van der Waals surface area contributed by atoms with Crippen molar-refractivity contribution in [2.45, 2.75) is 64.1 Å². The van der Waals surface area contributed by atoms with Crippen LogP contribution in [0.1, 0.15) is 44.7 Å². The lowest BCUT2D eigenvalue weighted by Gasteiger charge is -2.25. The number of carbonyl (C=O) groups is 3.